The smallest absolute Gasteiger partial charge is 0.224 e. The molecule has 3 aromatic rings. The van der Waals surface area contributed by atoms with Gasteiger partial charge in [-0.3, -0.25) is 4.79 Å². The quantitative estimate of drug-likeness (QED) is 0.500. The number of rotatable bonds is 7. The number of hydrogen-bond donors (Lipinski definition) is 0. The van der Waals surface area contributed by atoms with E-state index in [1.54, 1.807) is 43.4 Å². The Morgan fingerprint density at radius 2 is 1.55 bits per heavy atom. The zero-order valence-electron chi connectivity index (χ0n) is 16.5. The predicted octanol–water partition coefficient (Wildman–Crippen LogP) is 5.70. The number of amides is 1. The minimum atomic E-state index is -0.146. The number of carbonyl (C=O) groups is 1. The van der Waals surface area contributed by atoms with Gasteiger partial charge in [0, 0.05) is 18.0 Å². The summed E-state index contributed by atoms with van der Waals surface area (Å²) in [7, 11) is 3.17. The second-order valence-electron chi connectivity index (χ2n) is 6.35. The van der Waals surface area contributed by atoms with Crippen LogP contribution in [0.25, 0.3) is 0 Å². The molecule has 0 radical (unpaired) electrons. The van der Waals surface area contributed by atoms with Crippen LogP contribution in [0.1, 0.15) is 12.5 Å². The first kappa shape index (κ1) is 20.6. The van der Waals surface area contributed by atoms with Crippen molar-refractivity contribution in [1.82, 2.24) is 0 Å². The fourth-order valence-corrected chi connectivity index (χ4v) is 3.08. The number of nitrogens with zero attached hydrogens (tertiary/aromatic N) is 1. The summed E-state index contributed by atoms with van der Waals surface area (Å²) in [4.78, 5) is 14.1. The molecule has 0 saturated heterocycles. The highest BCUT2D eigenvalue weighted by Crippen LogP contribution is 2.36. The number of hydrogen-bond acceptors (Lipinski definition) is 4. The molecule has 0 aliphatic heterocycles. The normalized spacial score (nSPS) is 10.3. The SMILES string of the molecule is COc1cc(CN(C(C)=O)c2cc(Cl)ccc2Oc2ccccc2)cc(OC)c1. The van der Waals surface area contributed by atoms with E-state index in [0.717, 1.165) is 5.56 Å². The van der Waals surface area contributed by atoms with E-state index in [1.807, 2.05) is 42.5 Å². The molecule has 1 amide bonds. The fourth-order valence-electron chi connectivity index (χ4n) is 2.91. The molecule has 0 bridgehead atoms. The van der Waals surface area contributed by atoms with Crippen molar-refractivity contribution in [1.29, 1.82) is 0 Å². The van der Waals surface area contributed by atoms with Gasteiger partial charge in [0.1, 0.15) is 17.2 Å². The number of benzene rings is 3. The Hall–Kier alpha value is -3.18. The van der Waals surface area contributed by atoms with Crippen molar-refractivity contribution >= 4 is 23.2 Å². The average Bonchev–Trinajstić information content (AvgIpc) is 2.73. The van der Waals surface area contributed by atoms with Crippen LogP contribution in [0.4, 0.5) is 5.69 Å². The highest BCUT2D eigenvalue weighted by atomic mass is 35.5. The molecule has 0 aliphatic carbocycles. The van der Waals surface area contributed by atoms with Crippen LogP contribution in [0.15, 0.2) is 66.7 Å². The lowest BCUT2D eigenvalue weighted by Crippen LogP contribution is -2.28. The van der Waals surface area contributed by atoms with Crippen LogP contribution in [0.5, 0.6) is 23.0 Å². The number of halogens is 1. The maximum absolute atomic E-state index is 12.5. The molecule has 0 unspecified atom stereocenters. The molecule has 29 heavy (non-hydrogen) atoms. The largest absolute Gasteiger partial charge is 0.497 e. The van der Waals surface area contributed by atoms with Gasteiger partial charge in [0.2, 0.25) is 5.91 Å². The van der Waals surface area contributed by atoms with E-state index in [0.29, 0.717) is 40.3 Å². The molecular weight excluding hydrogens is 390 g/mol. The van der Waals surface area contributed by atoms with E-state index < -0.39 is 0 Å². The Balaban J connectivity index is 1.99. The van der Waals surface area contributed by atoms with Crippen LogP contribution >= 0.6 is 11.6 Å². The van der Waals surface area contributed by atoms with Gasteiger partial charge in [-0.1, -0.05) is 29.8 Å². The van der Waals surface area contributed by atoms with Crippen LogP contribution in [0, 0.1) is 0 Å². The molecule has 0 N–H and O–H groups in total. The van der Waals surface area contributed by atoms with E-state index in [4.69, 9.17) is 25.8 Å². The summed E-state index contributed by atoms with van der Waals surface area (Å²) in [5, 5.41) is 0.509. The third-order valence-corrected chi connectivity index (χ3v) is 4.55. The highest BCUT2D eigenvalue weighted by Gasteiger charge is 2.19. The predicted molar refractivity (Wildman–Crippen MR) is 114 cm³/mol. The monoisotopic (exact) mass is 411 g/mol. The number of methoxy groups -OCH3 is 2. The Morgan fingerprint density at radius 1 is 0.897 bits per heavy atom. The van der Waals surface area contributed by atoms with Crippen LogP contribution < -0.4 is 19.1 Å². The zero-order chi connectivity index (χ0) is 20.8. The maximum atomic E-state index is 12.5. The molecule has 0 spiro atoms. The summed E-state index contributed by atoms with van der Waals surface area (Å²) in [6, 6.07) is 20.1. The number of carbonyl (C=O) groups excluding carboxylic acids is 1. The molecule has 5 nitrogen and oxygen atoms in total. The molecular formula is C23H22ClNO4. The fraction of sp³-hybridized carbons (Fsp3) is 0.174. The first-order chi connectivity index (χ1) is 14.0. The van der Waals surface area contributed by atoms with Crippen molar-refractivity contribution in [2.75, 3.05) is 19.1 Å². The van der Waals surface area contributed by atoms with Crippen molar-refractivity contribution in [3.8, 4) is 23.0 Å². The molecule has 0 atom stereocenters. The molecule has 0 aliphatic rings. The Morgan fingerprint density at radius 3 is 2.14 bits per heavy atom. The van der Waals surface area contributed by atoms with Gasteiger partial charge in [-0.2, -0.15) is 0 Å². The van der Waals surface area contributed by atoms with Crippen molar-refractivity contribution in [2.24, 2.45) is 0 Å². The van der Waals surface area contributed by atoms with Crippen LogP contribution in [0.2, 0.25) is 5.02 Å². The van der Waals surface area contributed by atoms with Gasteiger partial charge in [0.25, 0.3) is 0 Å². The van der Waals surface area contributed by atoms with Crippen molar-refractivity contribution < 1.29 is 19.0 Å². The summed E-state index contributed by atoms with van der Waals surface area (Å²) in [6.07, 6.45) is 0. The van der Waals surface area contributed by atoms with Crippen LogP contribution in [-0.2, 0) is 11.3 Å². The van der Waals surface area contributed by atoms with E-state index in [1.165, 1.54) is 6.92 Å². The van der Waals surface area contributed by atoms with Gasteiger partial charge in [-0.25, -0.2) is 0 Å². The second-order valence-corrected chi connectivity index (χ2v) is 6.79. The Labute approximate surface area is 175 Å². The lowest BCUT2D eigenvalue weighted by Gasteiger charge is -2.24. The second kappa shape index (κ2) is 9.34. The molecule has 0 aromatic heterocycles. The minimum absolute atomic E-state index is 0.146. The van der Waals surface area contributed by atoms with E-state index in [9.17, 15) is 4.79 Å². The van der Waals surface area contributed by atoms with Gasteiger partial charge in [0.15, 0.2) is 5.75 Å². The van der Waals surface area contributed by atoms with E-state index in [2.05, 4.69) is 0 Å². The van der Waals surface area contributed by atoms with Crippen LogP contribution in [-0.4, -0.2) is 20.1 Å². The molecule has 0 fully saturated rings. The van der Waals surface area contributed by atoms with E-state index >= 15 is 0 Å². The summed E-state index contributed by atoms with van der Waals surface area (Å²) < 4.78 is 16.7. The summed E-state index contributed by atoms with van der Waals surface area (Å²) in [5.74, 6) is 2.35. The third kappa shape index (κ3) is 5.21. The van der Waals surface area contributed by atoms with Crippen molar-refractivity contribution in [2.45, 2.75) is 13.5 Å². The van der Waals surface area contributed by atoms with Gasteiger partial charge < -0.3 is 19.1 Å². The number of anilines is 1. The third-order valence-electron chi connectivity index (χ3n) is 4.31. The van der Waals surface area contributed by atoms with Crippen LogP contribution in [0.3, 0.4) is 0 Å². The number of ether oxygens (including phenoxy) is 3. The molecule has 3 rings (SSSR count). The van der Waals surface area contributed by atoms with Gasteiger partial charge in [0.05, 0.1) is 26.5 Å². The molecule has 0 heterocycles. The van der Waals surface area contributed by atoms with Gasteiger partial charge in [-0.05, 0) is 48.0 Å². The van der Waals surface area contributed by atoms with Gasteiger partial charge >= 0.3 is 0 Å². The highest BCUT2D eigenvalue weighted by molar-refractivity contribution is 6.31. The van der Waals surface area contributed by atoms with Gasteiger partial charge in [-0.15, -0.1) is 0 Å². The lowest BCUT2D eigenvalue weighted by molar-refractivity contribution is -0.116. The van der Waals surface area contributed by atoms with Crippen molar-refractivity contribution in [3.63, 3.8) is 0 Å². The topological polar surface area (TPSA) is 48.0 Å². The summed E-state index contributed by atoms with van der Waals surface area (Å²) in [5.41, 5.74) is 1.43. The molecule has 0 saturated carbocycles. The lowest BCUT2D eigenvalue weighted by atomic mass is 10.1. The summed E-state index contributed by atoms with van der Waals surface area (Å²) >= 11 is 6.23. The number of para-hydroxylation sites is 1. The molecule has 3 aromatic carbocycles. The molecule has 6 heteroatoms. The average molecular weight is 412 g/mol. The molecule has 150 valence electrons. The zero-order valence-corrected chi connectivity index (χ0v) is 17.3. The first-order valence-electron chi connectivity index (χ1n) is 9.02. The van der Waals surface area contributed by atoms with Crippen molar-refractivity contribution in [3.05, 3.63) is 77.3 Å². The van der Waals surface area contributed by atoms with E-state index in [-0.39, 0.29) is 5.91 Å². The Kier molecular flexibility index (Phi) is 6.62. The first-order valence-corrected chi connectivity index (χ1v) is 9.40. The standard InChI is InChI=1S/C23H22ClNO4/c1-16(26)25(15-17-11-20(27-2)14-21(12-17)28-3)22-13-18(24)9-10-23(22)29-19-7-5-4-6-8-19/h4-14H,15H2,1-3H3. The minimum Gasteiger partial charge on any atom is -0.497 e. The summed E-state index contributed by atoms with van der Waals surface area (Å²) in [6.45, 7) is 1.80. The maximum Gasteiger partial charge on any atom is 0.224 e. The Bertz CT molecular complexity index is 969.